The van der Waals surface area contributed by atoms with Crippen LogP contribution in [0.1, 0.15) is 6.42 Å². The third-order valence-corrected chi connectivity index (χ3v) is 1.33. The molecule has 0 spiro atoms. The van der Waals surface area contributed by atoms with Crippen molar-refractivity contribution in [2.45, 2.75) is 12.5 Å². The first-order valence-electron chi connectivity index (χ1n) is 3.20. The minimum absolute atomic E-state index is 0.00361. The Labute approximate surface area is 58.7 Å². The van der Waals surface area contributed by atoms with E-state index in [1.807, 2.05) is 0 Å². The predicted molar refractivity (Wildman–Crippen MR) is 32.8 cm³/mol. The predicted octanol–water partition coefficient (Wildman–Crippen LogP) is -0.124. The largest absolute Gasteiger partial charge is 0.480 e. The van der Waals surface area contributed by atoms with E-state index in [4.69, 9.17) is 14.6 Å². The smallest absolute Gasteiger partial charge is 0.329 e. The lowest BCUT2D eigenvalue weighted by Gasteiger charge is -2.05. The molecule has 1 heterocycles. The molecule has 0 amide bonds. The standard InChI is InChI=1S/C6H10O4/c7-6(8)4-10-5-1-2-9-3-5/h5H,1-4H2,(H,7,8). The molecule has 1 aliphatic rings. The van der Waals surface area contributed by atoms with Crippen LogP contribution in [0.4, 0.5) is 0 Å². The summed E-state index contributed by atoms with van der Waals surface area (Å²) in [5.74, 6) is -0.924. The van der Waals surface area contributed by atoms with Crippen LogP contribution in [0, 0.1) is 0 Å². The molecule has 1 unspecified atom stereocenters. The third kappa shape index (κ3) is 2.33. The fraction of sp³-hybridized carbons (Fsp3) is 0.833. The van der Waals surface area contributed by atoms with Crippen LogP contribution in [0.25, 0.3) is 0 Å². The lowest BCUT2D eigenvalue weighted by Crippen LogP contribution is -2.17. The Balaban J connectivity index is 2.07. The summed E-state index contributed by atoms with van der Waals surface area (Å²) in [6.07, 6.45) is 0.809. The molecule has 0 aromatic carbocycles. The van der Waals surface area contributed by atoms with Gasteiger partial charge in [0, 0.05) is 6.61 Å². The molecule has 0 saturated carbocycles. The molecular formula is C6H10O4. The number of hydrogen-bond donors (Lipinski definition) is 1. The van der Waals surface area contributed by atoms with Gasteiger partial charge in [-0.15, -0.1) is 0 Å². The third-order valence-electron chi connectivity index (χ3n) is 1.33. The number of rotatable bonds is 3. The van der Waals surface area contributed by atoms with Gasteiger partial charge in [0.25, 0.3) is 0 Å². The highest BCUT2D eigenvalue weighted by molar-refractivity contribution is 5.68. The summed E-state index contributed by atoms with van der Waals surface area (Å²) in [6.45, 7) is 1.01. The van der Waals surface area contributed by atoms with E-state index in [9.17, 15) is 4.79 Å². The number of hydrogen-bond acceptors (Lipinski definition) is 3. The molecule has 1 atom stereocenters. The Morgan fingerprint density at radius 2 is 2.60 bits per heavy atom. The molecule has 0 radical (unpaired) electrons. The first-order chi connectivity index (χ1) is 4.79. The molecular weight excluding hydrogens is 136 g/mol. The zero-order valence-corrected chi connectivity index (χ0v) is 5.58. The van der Waals surface area contributed by atoms with Gasteiger partial charge < -0.3 is 14.6 Å². The Bertz CT molecular complexity index is 117. The first kappa shape index (κ1) is 7.50. The highest BCUT2D eigenvalue weighted by atomic mass is 16.6. The van der Waals surface area contributed by atoms with Gasteiger partial charge in [-0.1, -0.05) is 0 Å². The van der Waals surface area contributed by atoms with E-state index in [1.165, 1.54) is 0 Å². The van der Waals surface area contributed by atoms with Crippen molar-refractivity contribution in [2.75, 3.05) is 19.8 Å². The van der Waals surface area contributed by atoms with Crippen molar-refractivity contribution in [3.05, 3.63) is 0 Å². The quantitative estimate of drug-likeness (QED) is 0.603. The molecule has 0 aromatic rings. The van der Waals surface area contributed by atoms with Gasteiger partial charge in [-0.3, -0.25) is 0 Å². The number of carboxylic acids is 1. The topological polar surface area (TPSA) is 55.8 Å². The second-order valence-electron chi connectivity index (χ2n) is 2.19. The highest BCUT2D eigenvalue weighted by Gasteiger charge is 2.16. The van der Waals surface area contributed by atoms with Gasteiger partial charge in [-0.05, 0) is 6.42 Å². The molecule has 1 rings (SSSR count). The van der Waals surface area contributed by atoms with Crippen LogP contribution in [0.15, 0.2) is 0 Å². The number of aliphatic carboxylic acids is 1. The molecule has 1 saturated heterocycles. The molecule has 1 N–H and O–H groups in total. The molecule has 1 fully saturated rings. The Morgan fingerprint density at radius 3 is 3.10 bits per heavy atom. The molecule has 0 aromatic heterocycles. The second-order valence-corrected chi connectivity index (χ2v) is 2.19. The summed E-state index contributed by atoms with van der Waals surface area (Å²) in [6, 6.07) is 0. The minimum atomic E-state index is -0.924. The molecule has 0 bridgehead atoms. The summed E-state index contributed by atoms with van der Waals surface area (Å²) in [5.41, 5.74) is 0. The fourth-order valence-electron chi connectivity index (χ4n) is 0.833. The van der Waals surface area contributed by atoms with Crippen molar-refractivity contribution in [3.8, 4) is 0 Å². The van der Waals surface area contributed by atoms with Gasteiger partial charge in [-0.2, -0.15) is 0 Å². The maximum Gasteiger partial charge on any atom is 0.329 e. The van der Waals surface area contributed by atoms with Crippen LogP contribution in [-0.4, -0.2) is 37.0 Å². The first-order valence-corrected chi connectivity index (χ1v) is 3.20. The van der Waals surface area contributed by atoms with E-state index >= 15 is 0 Å². The lowest BCUT2D eigenvalue weighted by atomic mass is 10.3. The van der Waals surface area contributed by atoms with Crippen LogP contribution < -0.4 is 0 Å². The maximum atomic E-state index is 9.99. The Hall–Kier alpha value is -0.610. The SMILES string of the molecule is O=C(O)COC1CCOC1. The second kappa shape index (κ2) is 3.53. The summed E-state index contributed by atoms with van der Waals surface area (Å²) in [5, 5.41) is 8.21. The van der Waals surface area contributed by atoms with Crippen molar-refractivity contribution in [1.29, 1.82) is 0 Å². The summed E-state index contributed by atoms with van der Waals surface area (Å²) < 4.78 is 9.91. The minimum Gasteiger partial charge on any atom is -0.480 e. The van der Waals surface area contributed by atoms with Gasteiger partial charge in [-0.25, -0.2) is 4.79 Å². The molecule has 0 aliphatic carbocycles. The number of carbonyl (C=O) groups is 1. The molecule has 4 nitrogen and oxygen atoms in total. The number of ether oxygens (including phenoxy) is 2. The Morgan fingerprint density at radius 1 is 1.80 bits per heavy atom. The van der Waals surface area contributed by atoms with Gasteiger partial charge in [0.2, 0.25) is 0 Å². The summed E-state index contributed by atoms with van der Waals surface area (Å²) >= 11 is 0. The molecule has 10 heavy (non-hydrogen) atoms. The van der Waals surface area contributed by atoms with Crippen LogP contribution >= 0.6 is 0 Å². The van der Waals surface area contributed by atoms with E-state index in [1.54, 1.807) is 0 Å². The van der Waals surface area contributed by atoms with E-state index in [-0.39, 0.29) is 12.7 Å². The van der Waals surface area contributed by atoms with E-state index in [0.29, 0.717) is 13.2 Å². The highest BCUT2D eigenvalue weighted by Crippen LogP contribution is 2.07. The molecule has 1 aliphatic heterocycles. The van der Waals surface area contributed by atoms with Gasteiger partial charge in [0.1, 0.15) is 6.61 Å². The fourth-order valence-corrected chi connectivity index (χ4v) is 0.833. The number of carboxylic acid groups (broad SMARTS) is 1. The monoisotopic (exact) mass is 146 g/mol. The average Bonchev–Trinajstić information content (AvgIpc) is 2.34. The maximum absolute atomic E-state index is 9.99. The van der Waals surface area contributed by atoms with Crippen molar-refractivity contribution in [1.82, 2.24) is 0 Å². The van der Waals surface area contributed by atoms with Crippen LogP contribution in [-0.2, 0) is 14.3 Å². The van der Waals surface area contributed by atoms with E-state index < -0.39 is 5.97 Å². The van der Waals surface area contributed by atoms with Gasteiger partial charge in [0.05, 0.1) is 12.7 Å². The van der Waals surface area contributed by atoms with Gasteiger partial charge in [0.15, 0.2) is 0 Å². The lowest BCUT2D eigenvalue weighted by molar-refractivity contribution is -0.144. The van der Waals surface area contributed by atoms with E-state index in [0.717, 1.165) is 6.42 Å². The van der Waals surface area contributed by atoms with Crippen molar-refractivity contribution in [2.24, 2.45) is 0 Å². The Kier molecular flexibility index (Phi) is 2.65. The van der Waals surface area contributed by atoms with E-state index in [2.05, 4.69) is 0 Å². The van der Waals surface area contributed by atoms with Crippen molar-refractivity contribution in [3.63, 3.8) is 0 Å². The van der Waals surface area contributed by atoms with Crippen LogP contribution in [0.2, 0.25) is 0 Å². The normalized spacial score (nSPS) is 25.0. The molecule has 58 valence electrons. The zero-order chi connectivity index (χ0) is 7.40. The van der Waals surface area contributed by atoms with Crippen molar-refractivity contribution >= 4 is 5.97 Å². The van der Waals surface area contributed by atoms with Crippen molar-refractivity contribution < 1.29 is 19.4 Å². The zero-order valence-electron chi connectivity index (χ0n) is 5.58. The molecule has 4 heteroatoms. The summed E-state index contributed by atoms with van der Waals surface area (Å²) in [7, 11) is 0. The van der Waals surface area contributed by atoms with Gasteiger partial charge >= 0.3 is 5.97 Å². The summed E-state index contributed by atoms with van der Waals surface area (Å²) in [4.78, 5) is 9.99. The average molecular weight is 146 g/mol. The van der Waals surface area contributed by atoms with Crippen LogP contribution in [0.5, 0.6) is 0 Å². The van der Waals surface area contributed by atoms with Crippen LogP contribution in [0.3, 0.4) is 0 Å².